The number of nitrogens with one attached hydrogen (secondary N) is 2. The fourth-order valence-electron chi connectivity index (χ4n) is 4.40. The van der Waals surface area contributed by atoms with Crippen LogP contribution in [0.2, 0.25) is 0 Å². The standard InChI is InChI=1S/C25H28N4O6/c1-25(14-16-6-11-19(34-2)20(13-16)35-3)23(32)29(24(33)27-25)15-21(30)26-17-7-9-18(10-8-17)28-12-4-5-22(28)31/h6-11,13H,4-5,12,14-15H2,1-3H3,(H,26,30)(H,27,33). The predicted molar refractivity (Wildman–Crippen MR) is 129 cm³/mol. The molecule has 35 heavy (non-hydrogen) atoms. The number of nitrogens with zero attached hydrogens (tertiary/aromatic N) is 2. The second-order valence-electron chi connectivity index (χ2n) is 8.76. The van der Waals surface area contributed by atoms with Gasteiger partial charge >= 0.3 is 6.03 Å². The zero-order chi connectivity index (χ0) is 25.2. The van der Waals surface area contributed by atoms with Crippen molar-refractivity contribution in [2.24, 2.45) is 0 Å². The summed E-state index contributed by atoms with van der Waals surface area (Å²) in [5, 5.41) is 5.40. The van der Waals surface area contributed by atoms with E-state index in [2.05, 4.69) is 10.6 Å². The van der Waals surface area contributed by atoms with Gasteiger partial charge in [0.15, 0.2) is 11.5 Å². The molecule has 10 heteroatoms. The van der Waals surface area contributed by atoms with Gasteiger partial charge in [-0.05, 0) is 55.3 Å². The molecule has 2 N–H and O–H groups in total. The predicted octanol–water partition coefficient (Wildman–Crippen LogP) is 2.32. The van der Waals surface area contributed by atoms with Gasteiger partial charge in [-0.2, -0.15) is 0 Å². The van der Waals surface area contributed by atoms with E-state index in [-0.39, 0.29) is 12.3 Å². The number of ether oxygens (including phenoxy) is 2. The fourth-order valence-corrected chi connectivity index (χ4v) is 4.40. The van der Waals surface area contributed by atoms with Crippen LogP contribution in [0.4, 0.5) is 16.2 Å². The molecule has 2 heterocycles. The highest BCUT2D eigenvalue weighted by molar-refractivity contribution is 6.10. The van der Waals surface area contributed by atoms with Gasteiger partial charge in [-0.25, -0.2) is 4.79 Å². The van der Waals surface area contributed by atoms with Crippen LogP contribution in [0.1, 0.15) is 25.3 Å². The van der Waals surface area contributed by atoms with Crippen LogP contribution >= 0.6 is 0 Å². The summed E-state index contributed by atoms with van der Waals surface area (Å²) in [6.07, 6.45) is 1.58. The van der Waals surface area contributed by atoms with Crippen LogP contribution in [-0.4, -0.2) is 61.5 Å². The molecule has 1 atom stereocenters. The molecule has 2 fully saturated rings. The van der Waals surface area contributed by atoms with Crippen LogP contribution in [0.25, 0.3) is 0 Å². The van der Waals surface area contributed by atoms with Gasteiger partial charge in [0.05, 0.1) is 14.2 Å². The lowest BCUT2D eigenvalue weighted by Crippen LogP contribution is -2.46. The Labute approximate surface area is 203 Å². The van der Waals surface area contributed by atoms with Crippen LogP contribution in [0.15, 0.2) is 42.5 Å². The highest BCUT2D eigenvalue weighted by Gasteiger charge is 2.48. The Morgan fingerprint density at radius 2 is 1.77 bits per heavy atom. The molecule has 10 nitrogen and oxygen atoms in total. The molecule has 4 rings (SSSR count). The maximum atomic E-state index is 13.1. The highest BCUT2D eigenvalue weighted by atomic mass is 16.5. The molecule has 0 spiro atoms. The maximum absolute atomic E-state index is 13.1. The molecule has 2 aliphatic heterocycles. The number of benzene rings is 2. The Morgan fingerprint density at radius 3 is 2.40 bits per heavy atom. The van der Waals surface area contributed by atoms with Crippen molar-refractivity contribution in [1.82, 2.24) is 10.2 Å². The second kappa shape index (κ2) is 9.65. The Balaban J connectivity index is 1.39. The first kappa shape index (κ1) is 24.1. The monoisotopic (exact) mass is 480 g/mol. The van der Waals surface area contributed by atoms with Crippen molar-refractivity contribution < 1.29 is 28.7 Å². The van der Waals surface area contributed by atoms with Gasteiger partial charge in [-0.1, -0.05) is 6.07 Å². The summed E-state index contributed by atoms with van der Waals surface area (Å²) < 4.78 is 10.6. The molecule has 2 aliphatic rings. The summed E-state index contributed by atoms with van der Waals surface area (Å²) in [5.41, 5.74) is 0.832. The van der Waals surface area contributed by atoms with E-state index in [4.69, 9.17) is 9.47 Å². The van der Waals surface area contributed by atoms with Crippen LogP contribution < -0.4 is 25.0 Å². The molecular weight excluding hydrogens is 452 g/mol. The van der Waals surface area contributed by atoms with Gasteiger partial charge in [-0.3, -0.25) is 19.3 Å². The first-order chi connectivity index (χ1) is 16.7. The minimum absolute atomic E-state index is 0.0801. The fraction of sp³-hybridized carbons (Fsp3) is 0.360. The summed E-state index contributed by atoms with van der Waals surface area (Å²) >= 11 is 0. The van der Waals surface area contributed by atoms with Gasteiger partial charge in [0.25, 0.3) is 5.91 Å². The molecule has 2 saturated heterocycles. The summed E-state index contributed by atoms with van der Waals surface area (Å²) in [6, 6.07) is 11.5. The maximum Gasteiger partial charge on any atom is 0.325 e. The van der Waals surface area contributed by atoms with Crippen molar-refractivity contribution >= 4 is 35.1 Å². The molecule has 0 aliphatic carbocycles. The highest BCUT2D eigenvalue weighted by Crippen LogP contribution is 2.30. The Bertz CT molecular complexity index is 1170. The van der Waals surface area contributed by atoms with Gasteiger partial charge in [0, 0.05) is 30.8 Å². The van der Waals surface area contributed by atoms with Gasteiger partial charge in [0.2, 0.25) is 11.8 Å². The lowest BCUT2D eigenvalue weighted by Gasteiger charge is -2.22. The minimum Gasteiger partial charge on any atom is -0.493 e. The SMILES string of the molecule is COc1ccc(CC2(C)NC(=O)N(CC(=O)Nc3ccc(N4CCCC4=O)cc3)C2=O)cc1OC. The Morgan fingerprint density at radius 1 is 1.06 bits per heavy atom. The number of amides is 5. The first-order valence-electron chi connectivity index (χ1n) is 11.3. The molecule has 2 aromatic rings. The third-order valence-electron chi connectivity index (χ3n) is 6.19. The molecule has 1 unspecified atom stereocenters. The lowest BCUT2D eigenvalue weighted by atomic mass is 9.92. The number of rotatable bonds is 8. The van der Waals surface area contributed by atoms with Gasteiger partial charge in [-0.15, -0.1) is 0 Å². The van der Waals surface area contributed by atoms with Crippen LogP contribution in [-0.2, 0) is 20.8 Å². The van der Waals surface area contributed by atoms with Gasteiger partial charge < -0.3 is 25.0 Å². The summed E-state index contributed by atoms with van der Waals surface area (Å²) in [4.78, 5) is 52.8. The van der Waals surface area contributed by atoms with Crippen molar-refractivity contribution in [3.8, 4) is 11.5 Å². The zero-order valence-electron chi connectivity index (χ0n) is 19.9. The smallest absolute Gasteiger partial charge is 0.325 e. The van der Waals surface area contributed by atoms with Crippen molar-refractivity contribution in [1.29, 1.82) is 0 Å². The van der Waals surface area contributed by atoms with E-state index in [0.29, 0.717) is 30.2 Å². The summed E-state index contributed by atoms with van der Waals surface area (Å²) in [7, 11) is 3.05. The molecule has 0 radical (unpaired) electrons. The number of carbonyl (C=O) groups excluding carboxylic acids is 4. The molecule has 0 bridgehead atoms. The number of imide groups is 1. The number of hydrogen-bond donors (Lipinski definition) is 2. The van der Waals surface area contributed by atoms with E-state index >= 15 is 0 Å². The van der Waals surface area contributed by atoms with Crippen LogP contribution in [0.3, 0.4) is 0 Å². The number of anilines is 2. The van der Waals surface area contributed by atoms with E-state index in [9.17, 15) is 19.2 Å². The van der Waals surface area contributed by atoms with E-state index in [1.165, 1.54) is 14.2 Å². The molecule has 5 amide bonds. The normalized spacial score (nSPS) is 19.7. The number of carbonyl (C=O) groups is 4. The van der Waals surface area contributed by atoms with Crippen LogP contribution in [0.5, 0.6) is 11.5 Å². The molecule has 184 valence electrons. The third kappa shape index (κ3) is 4.91. The van der Waals surface area contributed by atoms with E-state index in [1.54, 1.807) is 54.3 Å². The average molecular weight is 481 g/mol. The minimum atomic E-state index is -1.21. The Hall–Kier alpha value is -4.08. The lowest BCUT2D eigenvalue weighted by molar-refractivity contribution is -0.133. The number of methoxy groups -OCH3 is 2. The van der Waals surface area contributed by atoms with E-state index < -0.39 is 29.9 Å². The van der Waals surface area contributed by atoms with E-state index in [1.807, 2.05) is 0 Å². The molecular formula is C25H28N4O6. The topological polar surface area (TPSA) is 117 Å². The van der Waals surface area contributed by atoms with Crippen molar-refractivity contribution in [2.75, 3.05) is 37.5 Å². The Kier molecular flexibility index (Phi) is 6.63. The first-order valence-corrected chi connectivity index (χ1v) is 11.3. The molecule has 0 aromatic heterocycles. The third-order valence-corrected chi connectivity index (χ3v) is 6.19. The second-order valence-corrected chi connectivity index (χ2v) is 8.76. The largest absolute Gasteiger partial charge is 0.493 e. The van der Waals surface area contributed by atoms with E-state index in [0.717, 1.165) is 22.6 Å². The summed E-state index contributed by atoms with van der Waals surface area (Å²) in [5.74, 6) is 0.156. The summed E-state index contributed by atoms with van der Waals surface area (Å²) in [6.45, 7) is 1.89. The number of hydrogen-bond acceptors (Lipinski definition) is 6. The van der Waals surface area contributed by atoms with Crippen LogP contribution in [0, 0.1) is 0 Å². The quantitative estimate of drug-likeness (QED) is 0.560. The van der Waals surface area contributed by atoms with Gasteiger partial charge in [0.1, 0.15) is 12.1 Å². The van der Waals surface area contributed by atoms with Crippen molar-refractivity contribution in [3.63, 3.8) is 0 Å². The number of urea groups is 1. The molecule has 2 aromatic carbocycles. The van der Waals surface area contributed by atoms with Crippen molar-refractivity contribution in [2.45, 2.75) is 31.7 Å². The zero-order valence-corrected chi connectivity index (χ0v) is 19.9. The molecule has 0 saturated carbocycles. The average Bonchev–Trinajstić information content (AvgIpc) is 3.35. The van der Waals surface area contributed by atoms with Crippen molar-refractivity contribution in [3.05, 3.63) is 48.0 Å².